The molecule has 0 unspecified atom stereocenters. The van der Waals surface area contributed by atoms with Crippen molar-refractivity contribution in [1.82, 2.24) is 0 Å². The summed E-state index contributed by atoms with van der Waals surface area (Å²) in [5, 5.41) is 0.543. The molecule has 0 heterocycles. The van der Waals surface area contributed by atoms with Gasteiger partial charge in [0.25, 0.3) is 0 Å². The normalized spacial score (nSPS) is 15.9. The Morgan fingerprint density at radius 2 is 2.11 bits per heavy atom. The predicted molar refractivity (Wildman–Crippen MR) is 76.3 cm³/mol. The summed E-state index contributed by atoms with van der Waals surface area (Å²) in [6.07, 6.45) is 4.34. The minimum Gasteiger partial charge on any atom is -0.484 e. The van der Waals surface area contributed by atoms with E-state index < -0.39 is 0 Å². The molecular formula is C14H16BrClO2. The smallest absolute Gasteiger partial charge is 0.173 e. The van der Waals surface area contributed by atoms with E-state index in [2.05, 4.69) is 15.9 Å². The second kappa shape index (κ2) is 6.07. The van der Waals surface area contributed by atoms with Crippen LogP contribution < -0.4 is 4.74 Å². The van der Waals surface area contributed by atoms with Gasteiger partial charge >= 0.3 is 0 Å². The topological polar surface area (TPSA) is 26.3 Å². The first-order valence-corrected chi connectivity index (χ1v) is 7.36. The molecule has 0 aliphatic heterocycles. The third kappa shape index (κ3) is 3.27. The fourth-order valence-corrected chi connectivity index (χ4v) is 3.41. The van der Waals surface area contributed by atoms with Gasteiger partial charge in [0.15, 0.2) is 5.78 Å². The van der Waals surface area contributed by atoms with Gasteiger partial charge in [0.05, 0.1) is 5.02 Å². The van der Waals surface area contributed by atoms with Crippen LogP contribution in [-0.4, -0.2) is 12.4 Å². The first kappa shape index (κ1) is 13.9. The molecule has 0 amide bonds. The molecular weight excluding hydrogens is 316 g/mol. The Bertz CT molecular complexity index is 430. The first-order valence-electron chi connectivity index (χ1n) is 6.19. The average Bonchev–Trinajstić information content (AvgIpc) is 2.80. The summed E-state index contributed by atoms with van der Waals surface area (Å²) >= 11 is 9.49. The van der Waals surface area contributed by atoms with Gasteiger partial charge in [-0.05, 0) is 37.5 Å². The maximum atomic E-state index is 11.9. The van der Waals surface area contributed by atoms with E-state index in [1.54, 1.807) is 6.07 Å². The lowest BCUT2D eigenvalue weighted by molar-refractivity contribution is -0.124. The molecule has 0 N–H and O–H groups in total. The van der Waals surface area contributed by atoms with Crippen molar-refractivity contribution in [1.29, 1.82) is 0 Å². The number of benzene rings is 1. The van der Waals surface area contributed by atoms with E-state index >= 15 is 0 Å². The van der Waals surface area contributed by atoms with E-state index in [0.29, 0.717) is 10.8 Å². The molecule has 1 aliphatic rings. The number of aryl methyl sites for hydroxylation is 1. The Morgan fingerprint density at radius 3 is 2.72 bits per heavy atom. The van der Waals surface area contributed by atoms with Crippen molar-refractivity contribution in [2.24, 2.45) is 5.92 Å². The summed E-state index contributed by atoms with van der Waals surface area (Å²) in [6.45, 7) is 2.05. The van der Waals surface area contributed by atoms with Gasteiger partial charge in [-0.3, -0.25) is 4.79 Å². The highest BCUT2D eigenvalue weighted by atomic mass is 79.9. The van der Waals surface area contributed by atoms with Crippen molar-refractivity contribution in [2.75, 3.05) is 6.61 Å². The summed E-state index contributed by atoms with van der Waals surface area (Å²) < 4.78 is 6.51. The molecule has 1 aliphatic carbocycles. The molecule has 0 spiro atoms. The Hall–Kier alpha value is -0.540. The van der Waals surface area contributed by atoms with E-state index in [9.17, 15) is 4.79 Å². The standard InChI is InChI=1S/C14H16BrClO2/c1-9-6-11(15)7-12(16)14(9)18-8-13(17)10-4-2-3-5-10/h6-7,10H,2-5,8H2,1H3. The molecule has 1 saturated carbocycles. The van der Waals surface area contributed by atoms with Crippen LogP contribution in [0.4, 0.5) is 0 Å². The van der Waals surface area contributed by atoms with Crippen molar-refractivity contribution >= 4 is 33.3 Å². The molecule has 1 fully saturated rings. The van der Waals surface area contributed by atoms with Crippen LogP contribution >= 0.6 is 27.5 Å². The molecule has 1 aromatic rings. The maximum Gasteiger partial charge on any atom is 0.173 e. The highest BCUT2D eigenvalue weighted by molar-refractivity contribution is 9.10. The number of carbonyl (C=O) groups is 1. The SMILES string of the molecule is Cc1cc(Br)cc(Cl)c1OCC(=O)C1CCCC1. The summed E-state index contributed by atoms with van der Waals surface area (Å²) in [7, 11) is 0. The minimum atomic E-state index is 0.132. The van der Waals surface area contributed by atoms with Crippen LogP contribution in [0.25, 0.3) is 0 Å². The van der Waals surface area contributed by atoms with Crippen LogP contribution in [0.1, 0.15) is 31.2 Å². The number of Topliss-reactive ketones (excluding diaryl/α,β-unsaturated/α-hetero) is 1. The van der Waals surface area contributed by atoms with Crippen LogP contribution in [-0.2, 0) is 4.79 Å². The number of rotatable bonds is 4. The third-order valence-corrected chi connectivity index (χ3v) is 4.10. The number of hydrogen-bond acceptors (Lipinski definition) is 2. The van der Waals surface area contributed by atoms with Gasteiger partial charge in [-0.1, -0.05) is 40.4 Å². The molecule has 0 radical (unpaired) electrons. The highest BCUT2D eigenvalue weighted by Gasteiger charge is 2.23. The number of halogens is 2. The fourth-order valence-electron chi connectivity index (χ4n) is 2.38. The third-order valence-electron chi connectivity index (χ3n) is 3.36. The number of hydrogen-bond donors (Lipinski definition) is 0. The molecule has 2 rings (SSSR count). The first-order chi connectivity index (χ1) is 8.58. The molecule has 98 valence electrons. The van der Waals surface area contributed by atoms with E-state index in [0.717, 1.165) is 35.7 Å². The lowest BCUT2D eigenvalue weighted by Crippen LogP contribution is -2.19. The van der Waals surface area contributed by atoms with E-state index in [4.69, 9.17) is 16.3 Å². The summed E-state index contributed by atoms with van der Waals surface area (Å²) in [5.41, 5.74) is 0.939. The Morgan fingerprint density at radius 1 is 1.44 bits per heavy atom. The summed E-state index contributed by atoms with van der Waals surface area (Å²) in [5.74, 6) is 1.01. The molecule has 0 bridgehead atoms. The van der Waals surface area contributed by atoms with Crippen LogP contribution in [0, 0.1) is 12.8 Å². The van der Waals surface area contributed by atoms with Gasteiger partial charge in [-0.15, -0.1) is 0 Å². The van der Waals surface area contributed by atoms with E-state index in [1.165, 1.54) is 0 Å². The molecule has 2 nitrogen and oxygen atoms in total. The van der Waals surface area contributed by atoms with E-state index in [1.807, 2.05) is 13.0 Å². The zero-order valence-corrected chi connectivity index (χ0v) is 12.7. The lowest BCUT2D eigenvalue weighted by Gasteiger charge is -2.13. The minimum absolute atomic E-state index is 0.132. The Labute approximate surface area is 121 Å². The molecule has 1 aromatic carbocycles. The van der Waals surface area contributed by atoms with Crippen LogP contribution in [0.3, 0.4) is 0 Å². The van der Waals surface area contributed by atoms with Gasteiger partial charge in [0.1, 0.15) is 12.4 Å². The van der Waals surface area contributed by atoms with Crippen molar-refractivity contribution in [3.05, 3.63) is 27.2 Å². The summed E-state index contributed by atoms with van der Waals surface area (Å²) in [6, 6.07) is 3.71. The quantitative estimate of drug-likeness (QED) is 0.809. The van der Waals surface area contributed by atoms with Crippen molar-refractivity contribution in [3.63, 3.8) is 0 Å². The fraction of sp³-hybridized carbons (Fsp3) is 0.500. The Kier molecular flexibility index (Phi) is 4.68. The molecule has 4 heteroatoms. The number of carbonyl (C=O) groups excluding carboxylic acids is 1. The zero-order valence-electron chi connectivity index (χ0n) is 10.3. The maximum absolute atomic E-state index is 11.9. The largest absolute Gasteiger partial charge is 0.484 e. The van der Waals surface area contributed by atoms with Crippen molar-refractivity contribution in [3.8, 4) is 5.75 Å². The summed E-state index contributed by atoms with van der Waals surface area (Å²) in [4.78, 5) is 11.9. The van der Waals surface area contributed by atoms with Crippen molar-refractivity contribution in [2.45, 2.75) is 32.6 Å². The van der Waals surface area contributed by atoms with E-state index in [-0.39, 0.29) is 18.3 Å². The zero-order chi connectivity index (χ0) is 13.1. The molecule has 0 atom stereocenters. The monoisotopic (exact) mass is 330 g/mol. The molecule has 0 saturated heterocycles. The van der Waals surface area contributed by atoms with Crippen LogP contribution in [0.5, 0.6) is 5.75 Å². The van der Waals surface area contributed by atoms with Crippen LogP contribution in [0.2, 0.25) is 5.02 Å². The Balaban J connectivity index is 1.99. The number of ketones is 1. The van der Waals surface area contributed by atoms with Gasteiger partial charge in [0, 0.05) is 10.4 Å². The predicted octanol–water partition coefficient (Wildman–Crippen LogP) is 4.55. The van der Waals surface area contributed by atoms with Gasteiger partial charge in [-0.25, -0.2) is 0 Å². The highest BCUT2D eigenvalue weighted by Crippen LogP contribution is 2.32. The second-order valence-electron chi connectivity index (χ2n) is 4.77. The van der Waals surface area contributed by atoms with Gasteiger partial charge in [0.2, 0.25) is 0 Å². The lowest BCUT2D eigenvalue weighted by atomic mass is 10.0. The number of ether oxygens (including phenoxy) is 1. The molecule has 0 aromatic heterocycles. The second-order valence-corrected chi connectivity index (χ2v) is 6.09. The van der Waals surface area contributed by atoms with Gasteiger partial charge in [-0.2, -0.15) is 0 Å². The molecule has 18 heavy (non-hydrogen) atoms. The van der Waals surface area contributed by atoms with Gasteiger partial charge < -0.3 is 4.74 Å². The average molecular weight is 332 g/mol. The van der Waals surface area contributed by atoms with Crippen molar-refractivity contribution < 1.29 is 9.53 Å². The van der Waals surface area contributed by atoms with Crippen LogP contribution in [0.15, 0.2) is 16.6 Å².